The maximum absolute atomic E-state index is 10.9. The van der Waals surface area contributed by atoms with Crippen molar-refractivity contribution in [3.05, 3.63) is 29.0 Å². The van der Waals surface area contributed by atoms with Crippen LogP contribution in [0.15, 0.2) is 12.3 Å². The molecule has 0 amide bonds. The Kier molecular flexibility index (Phi) is 7.43. The maximum atomic E-state index is 10.9. The summed E-state index contributed by atoms with van der Waals surface area (Å²) in [7, 11) is 1.28. The number of halogens is 2. The summed E-state index contributed by atoms with van der Waals surface area (Å²) in [5.41, 5.74) is 0.233. The molecule has 0 saturated carbocycles. The zero-order valence-corrected chi connectivity index (χ0v) is 12.2. The van der Waals surface area contributed by atoms with Crippen molar-refractivity contribution in [3.63, 3.8) is 0 Å². The van der Waals surface area contributed by atoms with E-state index in [0.29, 0.717) is 0 Å². The van der Waals surface area contributed by atoms with E-state index < -0.39 is 5.97 Å². The Bertz CT molecular complexity index is 285. The number of ether oxygens (including phenoxy) is 1. The zero-order chi connectivity index (χ0) is 10.3. The molecule has 1 heterocycles. The molecule has 0 radical (unpaired) electrons. The summed E-state index contributed by atoms with van der Waals surface area (Å²) in [4.78, 5) is 14.5. The number of rotatable bonds is 1. The van der Waals surface area contributed by atoms with E-state index in [2.05, 4.69) is 29.4 Å². The fourth-order valence-electron chi connectivity index (χ4n) is 0.597. The molecule has 0 aromatic carbocycles. The Morgan fingerprint density at radius 3 is 2.85 bits per heavy atom. The van der Waals surface area contributed by atoms with Crippen molar-refractivity contribution in [2.45, 2.75) is 0 Å². The van der Waals surface area contributed by atoms with Gasteiger partial charge in [-0.25, -0.2) is 12.1 Å². The Hall–Kier alpha value is 0.0134. The van der Waals surface area contributed by atoms with Gasteiger partial charge in [-0.2, -0.15) is 0 Å². The van der Waals surface area contributed by atoms with Crippen molar-refractivity contribution >= 4 is 31.2 Å². The third kappa shape index (κ3) is 4.16. The van der Waals surface area contributed by atoms with Crippen LogP contribution in [0.1, 0.15) is 10.4 Å². The van der Waals surface area contributed by atoms with Gasteiger partial charge in [0.15, 0.2) is 0 Å². The van der Waals surface area contributed by atoms with Crippen LogP contribution in [0.5, 0.6) is 0 Å². The molecule has 1 rings (SSSR count). The van der Waals surface area contributed by atoms with Crippen LogP contribution >= 0.6 is 25.2 Å². The van der Waals surface area contributed by atoms with Crippen molar-refractivity contribution < 1.29 is 25.9 Å². The van der Waals surface area contributed by atoms with E-state index in [1.54, 1.807) is 0 Å². The van der Waals surface area contributed by atoms with Crippen LogP contribution in [0.3, 0.4) is 0 Å². The topological polar surface area (TPSA) is 39.2 Å². The van der Waals surface area contributed by atoms with E-state index in [0.717, 1.165) is 0 Å². The van der Waals surface area contributed by atoms with Gasteiger partial charge in [-0.1, -0.05) is 23.4 Å². The SMILES string of the molecule is COC(=O)c1c[c-]cnc1Cl.[Zn+][Br]. The molecule has 0 saturated heterocycles. The Morgan fingerprint density at radius 2 is 2.38 bits per heavy atom. The molecule has 0 spiro atoms. The van der Waals surface area contributed by atoms with Crippen LogP contribution in [0.2, 0.25) is 5.15 Å². The van der Waals surface area contributed by atoms with Gasteiger partial charge in [0.05, 0.1) is 12.3 Å². The second-order valence-corrected chi connectivity index (χ2v) is 2.12. The number of aromatic nitrogens is 1. The van der Waals surface area contributed by atoms with Crippen LogP contribution in [-0.2, 0) is 21.1 Å². The average molecular weight is 316 g/mol. The number of esters is 1. The van der Waals surface area contributed by atoms with Gasteiger partial charge in [0, 0.05) is 0 Å². The molecule has 0 N–H and O–H groups in total. The molecule has 6 heteroatoms. The average Bonchev–Trinajstić information content (AvgIpc) is 2.20. The molecule has 0 fully saturated rings. The van der Waals surface area contributed by atoms with Gasteiger partial charge in [0.2, 0.25) is 0 Å². The molecule has 13 heavy (non-hydrogen) atoms. The van der Waals surface area contributed by atoms with E-state index in [1.807, 2.05) is 0 Å². The molecule has 0 aliphatic heterocycles. The minimum atomic E-state index is -0.501. The summed E-state index contributed by atoms with van der Waals surface area (Å²) in [6, 6.07) is 4.05. The summed E-state index contributed by atoms with van der Waals surface area (Å²) in [6.45, 7) is 0. The third-order valence-electron chi connectivity index (χ3n) is 1.11. The summed E-state index contributed by atoms with van der Waals surface area (Å²) < 4.78 is 4.43. The number of hydrogen-bond donors (Lipinski definition) is 0. The quantitative estimate of drug-likeness (QED) is 0.345. The number of carbonyl (C=O) groups excluding carboxylic acids is 1. The molecule has 0 aliphatic carbocycles. The van der Waals surface area contributed by atoms with Gasteiger partial charge < -0.3 is 4.74 Å². The Labute approximate surface area is 97.9 Å². The van der Waals surface area contributed by atoms with Crippen LogP contribution in [0.25, 0.3) is 0 Å². The van der Waals surface area contributed by atoms with Crippen LogP contribution in [0.4, 0.5) is 0 Å². The van der Waals surface area contributed by atoms with Gasteiger partial charge in [0.25, 0.3) is 5.97 Å². The first-order valence-electron chi connectivity index (χ1n) is 3.12. The van der Waals surface area contributed by atoms with Crippen LogP contribution in [-0.4, -0.2) is 18.1 Å². The fourth-order valence-corrected chi connectivity index (χ4v) is 0.777. The summed E-state index contributed by atoms with van der Waals surface area (Å²) in [5, 5.41) is 0.135. The summed E-state index contributed by atoms with van der Waals surface area (Å²) in [5.74, 6) is -0.501. The molecule has 0 bridgehead atoms. The predicted octanol–water partition coefficient (Wildman–Crippen LogP) is 2.16. The van der Waals surface area contributed by atoms with Gasteiger partial charge in [-0.15, -0.1) is 0 Å². The number of hydrogen-bond acceptors (Lipinski definition) is 3. The number of carbonyl (C=O) groups is 1. The van der Waals surface area contributed by atoms with Crippen molar-refractivity contribution in [2.24, 2.45) is 0 Å². The van der Waals surface area contributed by atoms with E-state index >= 15 is 0 Å². The van der Waals surface area contributed by atoms with Gasteiger partial charge in [-0.05, 0) is 0 Å². The van der Waals surface area contributed by atoms with E-state index in [-0.39, 0.29) is 10.7 Å². The molecule has 0 aliphatic rings. The number of nitrogens with zero attached hydrogens (tertiary/aromatic N) is 1. The van der Waals surface area contributed by atoms with E-state index in [9.17, 15) is 4.79 Å². The first kappa shape index (κ1) is 13.0. The van der Waals surface area contributed by atoms with Gasteiger partial charge >= 0.3 is 30.0 Å². The molecule has 3 nitrogen and oxygen atoms in total. The molecule has 1 aromatic heterocycles. The first-order valence-corrected chi connectivity index (χ1v) is 10.4. The minimum absolute atomic E-state index is 0.135. The standard InChI is InChI=1S/C7H5ClNO2.BrH.Zn/c1-11-7(10)5-3-2-4-9-6(5)8;;/h3-4H,1H3;1H;/q-1;;+2/p-1. The van der Waals surface area contributed by atoms with Crippen molar-refractivity contribution in [2.75, 3.05) is 7.11 Å². The third-order valence-corrected chi connectivity index (χ3v) is 1.41. The Balaban J connectivity index is 0.000000671. The first-order chi connectivity index (χ1) is 6.25. The van der Waals surface area contributed by atoms with Crippen molar-refractivity contribution in [3.8, 4) is 0 Å². The molecule has 66 valence electrons. The molecule has 0 atom stereocenters. The van der Waals surface area contributed by atoms with E-state index in [4.69, 9.17) is 11.6 Å². The molecule has 1 aromatic rings. The molecule has 0 unspecified atom stereocenters. The van der Waals surface area contributed by atoms with Gasteiger partial charge in [0.1, 0.15) is 0 Å². The summed E-state index contributed by atoms with van der Waals surface area (Å²) in [6.07, 6.45) is 1.38. The van der Waals surface area contributed by atoms with E-state index in [1.165, 1.54) is 35.7 Å². The molecular weight excluding hydrogens is 311 g/mol. The number of methoxy groups -OCH3 is 1. The monoisotopic (exact) mass is 313 g/mol. The van der Waals surface area contributed by atoms with Crippen molar-refractivity contribution in [1.29, 1.82) is 0 Å². The Morgan fingerprint density at radius 1 is 1.77 bits per heavy atom. The normalized spacial score (nSPS) is 8.38. The van der Waals surface area contributed by atoms with Crippen LogP contribution < -0.4 is 0 Å². The zero-order valence-electron chi connectivity index (χ0n) is 6.88. The second kappa shape index (κ2) is 7.42. The second-order valence-electron chi connectivity index (χ2n) is 1.77. The van der Waals surface area contributed by atoms with Crippen LogP contribution in [0, 0.1) is 6.07 Å². The van der Waals surface area contributed by atoms with Crippen molar-refractivity contribution in [1.82, 2.24) is 4.98 Å². The predicted molar refractivity (Wildman–Crippen MR) is 48.3 cm³/mol. The molecular formula is C7H5BrClNO2Zn. The fraction of sp³-hybridized carbons (Fsp3) is 0.143. The number of pyridine rings is 1. The van der Waals surface area contributed by atoms with Gasteiger partial charge in [-0.3, -0.25) is 9.78 Å². The summed E-state index contributed by atoms with van der Waals surface area (Å²) >= 11 is 9.82.